The zero-order chi connectivity index (χ0) is 18.4. The lowest BCUT2D eigenvalue weighted by atomic mass is 10.3. The number of nitrogens with one attached hydrogen (secondary N) is 1. The van der Waals surface area contributed by atoms with E-state index in [9.17, 15) is 4.79 Å². The van der Waals surface area contributed by atoms with E-state index in [-0.39, 0.29) is 12.6 Å². The average Bonchev–Trinajstić information content (AvgIpc) is 3.26. The van der Waals surface area contributed by atoms with Crippen molar-refractivity contribution in [3.8, 4) is 5.75 Å². The van der Waals surface area contributed by atoms with Gasteiger partial charge in [-0.25, -0.2) is 4.68 Å². The highest BCUT2D eigenvalue weighted by molar-refractivity contribution is 6.30. The first-order chi connectivity index (χ1) is 12.6. The van der Waals surface area contributed by atoms with Gasteiger partial charge in [0, 0.05) is 30.5 Å². The van der Waals surface area contributed by atoms with Gasteiger partial charge in [0.1, 0.15) is 11.4 Å². The molecular weight excluding hydrogens is 354 g/mol. The molecule has 2 heterocycles. The van der Waals surface area contributed by atoms with Crippen molar-refractivity contribution in [3.05, 3.63) is 65.2 Å². The zero-order valence-electron chi connectivity index (χ0n) is 14.4. The summed E-state index contributed by atoms with van der Waals surface area (Å²) < 4.78 is 9.01. The van der Waals surface area contributed by atoms with E-state index < -0.39 is 0 Å². The molecule has 0 aliphatic rings. The fourth-order valence-corrected chi connectivity index (χ4v) is 2.56. The maximum absolute atomic E-state index is 12.1. The lowest BCUT2D eigenvalue weighted by molar-refractivity contribution is 0.0945. The minimum absolute atomic E-state index is 0.201. The van der Waals surface area contributed by atoms with E-state index in [2.05, 4.69) is 15.5 Å². The molecule has 1 N–H and O–H groups in total. The summed E-state index contributed by atoms with van der Waals surface area (Å²) in [6.45, 7) is 3.52. The summed E-state index contributed by atoms with van der Waals surface area (Å²) in [4.78, 5) is 12.1. The largest absolute Gasteiger partial charge is 0.471 e. The molecule has 0 unspecified atom stereocenters. The van der Waals surface area contributed by atoms with Gasteiger partial charge in [-0.05, 0) is 43.2 Å². The van der Waals surface area contributed by atoms with E-state index >= 15 is 0 Å². The molecule has 2 aromatic heterocycles. The van der Waals surface area contributed by atoms with Gasteiger partial charge in [0.25, 0.3) is 5.91 Å². The van der Waals surface area contributed by atoms with Crippen molar-refractivity contribution in [2.75, 3.05) is 6.54 Å². The van der Waals surface area contributed by atoms with Crippen LogP contribution in [-0.2, 0) is 13.3 Å². The number of amides is 1. The van der Waals surface area contributed by atoms with Crippen LogP contribution in [0.3, 0.4) is 0 Å². The zero-order valence-corrected chi connectivity index (χ0v) is 15.2. The average molecular weight is 374 g/mol. The summed E-state index contributed by atoms with van der Waals surface area (Å²) in [6.07, 6.45) is 6.29. The maximum Gasteiger partial charge on any atom is 0.271 e. The molecule has 0 atom stereocenters. The maximum atomic E-state index is 12.1. The minimum atomic E-state index is -0.205. The lowest BCUT2D eigenvalue weighted by Crippen LogP contribution is -2.26. The van der Waals surface area contributed by atoms with Crippen LogP contribution in [-0.4, -0.2) is 32.0 Å². The van der Waals surface area contributed by atoms with Crippen molar-refractivity contribution in [2.45, 2.75) is 26.6 Å². The van der Waals surface area contributed by atoms with Crippen molar-refractivity contribution >= 4 is 17.5 Å². The number of hydrogen-bond donors (Lipinski definition) is 1. The first-order valence-corrected chi connectivity index (χ1v) is 8.67. The third-order valence-electron chi connectivity index (χ3n) is 3.64. The summed E-state index contributed by atoms with van der Waals surface area (Å²) >= 11 is 5.91. The number of rotatable bonds is 8. The van der Waals surface area contributed by atoms with Crippen molar-refractivity contribution < 1.29 is 9.53 Å². The number of aryl methyl sites for hydroxylation is 2. The molecule has 136 valence electrons. The summed E-state index contributed by atoms with van der Waals surface area (Å²) in [5.74, 6) is 0.441. The molecule has 1 amide bonds. The lowest BCUT2D eigenvalue weighted by Gasteiger charge is -2.06. The quantitative estimate of drug-likeness (QED) is 0.616. The Labute approximate surface area is 156 Å². The number of halogens is 1. The smallest absolute Gasteiger partial charge is 0.271 e. The van der Waals surface area contributed by atoms with E-state index in [1.807, 2.05) is 36.1 Å². The van der Waals surface area contributed by atoms with Crippen LogP contribution in [0.5, 0.6) is 5.75 Å². The molecule has 0 aliphatic carbocycles. The molecule has 0 aliphatic heterocycles. The predicted octanol–water partition coefficient (Wildman–Crippen LogP) is 2.90. The van der Waals surface area contributed by atoms with Crippen LogP contribution in [0.1, 0.15) is 22.5 Å². The van der Waals surface area contributed by atoms with Gasteiger partial charge in [-0.3, -0.25) is 9.48 Å². The number of carbonyl (C=O) groups excluding carboxylic acids is 1. The highest BCUT2D eigenvalue weighted by atomic mass is 35.5. The second-order valence-corrected chi connectivity index (χ2v) is 6.30. The standard InChI is InChI=1S/C18H20ClN5O2/c1-14-11-21-23(12-14)8-3-7-20-18(25)17-6-9-24(22-17)13-26-16-5-2-4-15(19)10-16/h2,4-6,9-12H,3,7-8,13H2,1H3,(H,20,25). The van der Waals surface area contributed by atoms with Crippen LogP contribution in [0.2, 0.25) is 5.02 Å². The SMILES string of the molecule is Cc1cnn(CCCNC(=O)c2ccn(COc3cccc(Cl)c3)n2)c1. The molecule has 0 saturated carbocycles. The summed E-state index contributed by atoms with van der Waals surface area (Å²) in [5.41, 5.74) is 1.48. The Balaban J connectivity index is 1.42. The Morgan fingerprint density at radius 1 is 1.31 bits per heavy atom. The van der Waals surface area contributed by atoms with Crippen LogP contribution >= 0.6 is 11.6 Å². The Morgan fingerprint density at radius 3 is 2.96 bits per heavy atom. The minimum Gasteiger partial charge on any atom is -0.471 e. The topological polar surface area (TPSA) is 74.0 Å². The van der Waals surface area contributed by atoms with Crippen molar-refractivity contribution in [1.29, 1.82) is 0 Å². The predicted molar refractivity (Wildman–Crippen MR) is 98.2 cm³/mol. The van der Waals surface area contributed by atoms with Gasteiger partial charge >= 0.3 is 0 Å². The number of carbonyl (C=O) groups is 1. The molecule has 0 saturated heterocycles. The molecule has 0 fully saturated rings. The number of nitrogens with zero attached hydrogens (tertiary/aromatic N) is 4. The third-order valence-corrected chi connectivity index (χ3v) is 3.88. The molecule has 3 rings (SSSR count). The second-order valence-electron chi connectivity index (χ2n) is 5.86. The number of aromatic nitrogens is 4. The fraction of sp³-hybridized carbons (Fsp3) is 0.278. The van der Waals surface area contributed by atoms with E-state index in [4.69, 9.17) is 16.3 Å². The summed E-state index contributed by atoms with van der Waals surface area (Å²) in [6, 6.07) is 8.78. The van der Waals surface area contributed by atoms with E-state index in [1.165, 1.54) is 0 Å². The Kier molecular flexibility index (Phi) is 5.91. The van der Waals surface area contributed by atoms with Crippen molar-refractivity contribution in [1.82, 2.24) is 24.9 Å². The molecule has 7 nitrogen and oxygen atoms in total. The van der Waals surface area contributed by atoms with Crippen LogP contribution in [0.15, 0.2) is 48.9 Å². The van der Waals surface area contributed by atoms with Gasteiger partial charge in [-0.1, -0.05) is 17.7 Å². The number of hydrogen-bond acceptors (Lipinski definition) is 4. The van der Waals surface area contributed by atoms with Crippen molar-refractivity contribution in [3.63, 3.8) is 0 Å². The van der Waals surface area contributed by atoms with Gasteiger partial charge in [0.15, 0.2) is 6.73 Å². The molecule has 0 spiro atoms. The van der Waals surface area contributed by atoms with Gasteiger partial charge in [-0.15, -0.1) is 0 Å². The Hall–Kier alpha value is -2.80. The number of ether oxygens (including phenoxy) is 1. The van der Waals surface area contributed by atoms with E-state index in [0.29, 0.717) is 23.0 Å². The first kappa shape index (κ1) is 18.0. The van der Waals surface area contributed by atoms with Crippen LogP contribution < -0.4 is 10.1 Å². The van der Waals surface area contributed by atoms with E-state index in [1.54, 1.807) is 29.1 Å². The number of benzene rings is 1. The van der Waals surface area contributed by atoms with Gasteiger partial charge in [0.2, 0.25) is 0 Å². The second kappa shape index (κ2) is 8.53. The monoisotopic (exact) mass is 373 g/mol. The highest BCUT2D eigenvalue weighted by Gasteiger charge is 2.09. The molecule has 0 radical (unpaired) electrons. The summed E-state index contributed by atoms with van der Waals surface area (Å²) in [7, 11) is 0. The van der Waals surface area contributed by atoms with Gasteiger partial charge < -0.3 is 10.1 Å². The normalized spacial score (nSPS) is 10.7. The Morgan fingerprint density at radius 2 is 2.19 bits per heavy atom. The first-order valence-electron chi connectivity index (χ1n) is 8.29. The molecule has 8 heteroatoms. The van der Waals surface area contributed by atoms with E-state index in [0.717, 1.165) is 18.5 Å². The van der Waals surface area contributed by atoms with Crippen molar-refractivity contribution in [2.24, 2.45) is 0 Å². The molecule has 26 heavy (non-hydrogen) atoms. The van der Waals surface area contributed by atoms with Crippen LogP contribution in [0.25, 0.3) is 0 Å². The molecular formula is C18H20ClN5O2. The third kappa shape index (κ3) is 5.10. The Bertz CT molecular complexity index is 874. The fourth-order valence-electron chi connectivity index (χ4n) is 2.37. The molecule has 1 aromatic carbocycles. The molecule has 3 aromatic rings. The summed E-state index contributed by atoms with van der Waals surface area (Å²) in [5, 5.41) is 11.9. The van der Waals surface area contributed by atoms with Crippen LogP contribution in [0, 0.1) is 6.92 Å². The van der Waals surface area contributed by atoms with Crippen LogP contribution in [0.4, 0.5) is 0 Å². The molecule has 0 bridgehead atoms. The van der Waals surface area contributed by atoms with Gasteiger partial charge in [0.05, 0.1) is 6.20 Å². The van der Waals surface area contributed by atoms with Gasteiger partial charge in [-0.2, -0.15) is 10.2 Å². The highest BCUT2D eigenvalue weighted by Crippen LogP contribution is 2.17.